The molecule has 0 amide bonds. The maximum absolute atomic E-state index is 12.4. The van der Waals surface area contributed by atoms with Gasteiger partial charge in [-0.2, -0.15) is 0 Å². The number of hydrogen-bond donors (Lipinski definition) is 1. The Hall–Kier alpha value is -0.590. The molecule has 2 rings (SSSR count). The van der Waals surface area contributed by atoms with Gasteiger partial charge >= 0.3 is 5.97 Å². The minimum absolute atomic E-state index is 0.155. The first-order chi connectivity index (χ1) is 10.1. The van der Waals surface area contributed by atoms with Crippen LogP contribution in [0.15, 0.2) is 27.8 Å². The molecule has 0 saturated heterocycles. The summed E-state index contributed by atoms with van der Waals surface area (Å²) >= 11 is 5.10. The van der Waals surface area contributed by atoms with E-state index in [1.165, 1.54) is 7.11 Å². The van der Waals surface area contributed by atoms with Crippen molar-refractivity contribution in [1.82, 2.24) is 10.3 Å². The highest BCUT2D eigenvalue weighted by atomic mass is 79.9. The summed E-state index contributed by atoms with van der Waals surface area (Å²) in [4.78, 5) is 16.8. The second kappa shape index (κ2) is 7.61. The maximum Gasteiger partial charge on any atom is 0.327 e. The van der Waals surface area contributed by atoms with Crippen molar-refractivity contribution in [3.63, 3.8) is 0 Å². The molecule has 1 saturated carbocycles. The number of ether oxygens (including phenoxy) is 1. The molecule has 1 atom stereocenters. The molecule has 1 aromatic heterocycles. The Kier molecular flexibility index (Phi) is 6.08. The van der Waals surface area contributed by atoms with Gasteiger partial charge in [0, 0.05) is 16.4 Å². The van der Waals surface area contributed by atoms with Crippen LogP contribution in [-0.2, 0) is 9.53 Å². The summed E-state index contributed by atoms with van der Waals surface area (Å²) in [5.74, 6) is 0.851. The summed E-state index contributed by atoms with van der Waals surface area (Å²) in [5.41, 5.74) is -0.591. The van der Waals surface area contributed by atoms with E-state index in [1.807, 2.05) is 12.1 Å². The summed E-state index contributed by atoms with van der Waals surface area (Å²) in [6, 6.07) is 3.85. The second-order valence-corrected chi connectivity index (χ2v) is 7.06. The quantitative estimate of drug-likeness (QED) is 0.560. The average molecular weight is 373 g/mol. The van der Waals surface area contributed by atoms with E-state index in [0.717, 1.165) is 35.3 Å². The molecule has 1 N–H and O–H groups in total. The normalized spacial score (nSPS) is 17.3. The molecule has 0 bridgehead atoms. The van der Waals surface area contributed by atoms with Crippen molar-refractivity contribution in [2.45, 2.75) is 36.8 Å². The number of nitrogens with zero attached hydrogens (tertiary/aromatic N) is 1. The summed E-state index contributed by atoms with van der Waals surface area (Å²) in [5, 5.41) is 4.35. The largest absolute Gasteiger partial charge is 0.468 e. The zero-order chi connectivity index (χ0) is 15.3. The molecule has 1 aliphatic carbocycles. The van der Waals surface area contributed by atoms with E-state index in [0.29, 0.717) is 11.7 Å². The topological polar surface area (TPSA) is 51.2 Å². The number of hydrogen-bond acceptors (Lipinski definition) is 5. The molecule has 0 aromatic carbocycles. The van der Waals surface area contributed by atoms with Gasteiger partial charge in [-0.1, -0.05) is 6.92 Å². The summed E-state index contributed by atoms with van der Waals surface area (Å²) < 4.78 is 6.04. The van der Waals surface area contributed by atoms with Gasteiger partial charge in [-0.05, 0) is 59.8 Å². The molecule has 1 aromatic rings. The molecule has 0 spiro atoms. The highest BCUT2D eigenvalue weighted by Crippen LogP contribution is 2.43. The van der Waals surface area contributed by atoms with E-state index in [1.54, 1.807) is 18.0 Å². The highest BCUT2D eigenvalue weighted by molar-refractivity contribution is 9.10. The third kappa shape index (κ3) is 3.99. The van der Waals surface area contributed by atoms with Gasteiger partial charge in [-0.15, -0.1) is 11.8 Å². The van der Waals surface area contributed by atoms with Gasteiger partial charge in [-0.3, -0.25) is 4.79 Å². The van der Waals surface area contributed by atoms with Gasteiger partial charge in [0.1, 0.15) is 10.6 Å². The first kappa shape index (κ1) is 16.8. The van der Waals surface area contributed by atoms with Crippen LogP contribution >= 0.6 is 27.7 Å². The van der Waals surface area contributed by atoms with Crippen LogP contribution in [0.5, 0.6) is 0 Å². The van der Waals surface area contributed by atoms with Crippen molar-refractivity contribution in [3.8, 4) is 0 Å². The monoisotopic (exact) mass is 372 g/mol. The highest BCUT2D eigenvalue weighted by Gasteiger charge is 2.51. The number of thioether (sulfide) groups is 1. The van der Waals surface area contributed by atoms with Gasteiger partial charge in [0.05, 0.1) is 7.11 Å². The Morgan fingerprint density at radius 3 is 2.95 bits per heavy atom. The van der Waals surface area contributed by atoms with Crippen molar-refractivity contribution >= 4 is 33.7 Å². The Labute approximate surface area is 138 Å². The molecule has 1 unspecified atom stereocenters. The zero-order valence-corrected chi connectivity index (χ0v) is 14.8. The lowest BCUT2D eigenvalue weighted by molar-refractivity contribution is -0.148. The molecule has 1 fully saturated rings. The smallest absolute Gasteiger partial charge is 0.327 e. The second-order valence-electron chi connectivity index (χ2n) is 5.24. The predicted molar refractivity (Wildman–Crippen MR) is 88.4 cm³/mol. The average Bonchev–Trinajstić information content (AvgIpc) is 3.34. The van der Waals surface area contributed by atoms with E-state index >= 15 is 0 Å². The van der Waals surface area contributed by atoms with Crippen LogP contribution in [0, 0.1) is 5.92 Å². The van der Waals surface area contributed by atoms with Crippen LogP contribution in [0.25, 0.3) is 0 Å². The van der Waals surface area contributed by atoms with E-state index in [4.69, 9.17) is 4.74 Å². The fourth-order valence-corrected chi connectivity index (χ4v) is 4.14. The summed E-state index contributed by atoms with van der Waals surface area (Å²) in [6.07, 6.45) is 4.92. The molecule has 116 valence electrons. The molecule has 21 heavy (non-hydrogen) atoms. The molecule has 4 nitrogen and oxygen atoms in total. The Balaban J connectivity index is 2.15. The third-order valence-corrected chi connectivity index (χ3v) is 5.78. The minimum Gasteiger partial charge on any atom is -0.468 e. The number of pyridine rings is 1. The number of aromatic nitrogens is 1. The van der Waals surface area contributed by atoms with Crippen LogP contribution in [-0.4, -0.2) is 35.9 Å². The van der Waals surface area contributed by atoms with Gasteiger partial charge < -0.3 is 10.1 Å². The summed E-state index contributed by atoms with van der Waals surface area (Å²) in [7, 11) is 1.47. The van der Waals surface area contributed by atoms with Crippen LogP contribution in [0.2, 0.25) is 0 Å². The fraction of sp³-hybridized carbons (Fsp3) is 0.600. The Morgan fingerprint density at radius 2 is 2.38 bits per heavy atom. The van der Waals surface area contributed by atoms with Crippen LogP contribution in [0.4, 0.5) is 0 Å². The fourth-order valence-electron chi connectivity index (χ4n) is 2.38. The van der Waals surface area contributed by atoms with Crippen molar-refractivity contribution < 1.29 is 9.53 Å². The standard InChI is InChI=1S/C15H21BrN2O2S/c1-3-8-18-15(11-6-7-11,14(19)20-2)10-21-13-12(16)5-4-9-17-13/h4-5,9,11,18H,3,6-8,10H2,1-2H3. The van der Waals surface area contributed by atoms with Crippen molar-refractivity contribution in [3.05, 3.63) is 22.8 Å². The molecular formula is C15H21BrN2O2S. The van der Waals surface area contributed by atoms with Gasteiger partial charge in [0.2, 0.25) is 0 Å². The zero-order valence-electron chi connectivity index (χ0n) is 12.4. The lowest BCUT2D eigenvalue weighted by Gasteiger charge is -2.32. The van der Waals surface area contributed by atoms with Crippen molar-refractivity contribution in [2.75, 3.05) is 19.4 Å². The lowest BCUT2D eigenvalue weighted by Crippen LogP contribution is -2.57. The molecule has 0 aliphatic heterocycles. The maximum atomic E-state index is 12.4. The number of rotatable bonds is 8. The molecule has 6 heteroatoms. The van der Waals surface area contributed by atoms with Gasteiger partial charge in [0.15, 0.2) is 0 Å². The van der Waals surface area contributed by atoms with E-state index < -0.39 is 5.54 Å². The van der Waals surface area contributed by atoms with Crippen molar-refractivity contribution in [1.29, 1.82) is 0 Å². The van der Waals surface area contributed by atoms with Crippen LogP contribution in [0.1, 0.15) is 26.2 Å². The first-order valence-corrected chi connectivity index (χ1v) is 8.98. The van der Waals surface area contributed by atoms with Gasteiger partial charge in [0.25, 0.3) is 0 Å². The SMILES string of the molecule is CCCNC(CSc1ncccc1Br)(C(=O)OC)C1CC1. The van der Waals surface area contributed by atoms with Crippen molar-refractivity contribution in [2.24, 2.45) is 5.92 Å². The number of esters is 1. The number of carbonyl (C=O) groups is 1. The minimum atomic E-state index is -0.591. The van der Waals surface area contributed by atoms with E-state index in [-0.39, 0.29) is 5.97 Å². The van der Waals surface area contributed by atoms with E-state index in [9.17, 15) is 4.79 Å². The molecule has 1 aliphatic rings. The van der Waals surface area contributed by atoms with Crippen LogP contribution < -0.4 is 5.32 Å². The number of carbonyl (C=O) groups excluding carboxylic acids is 1. The third-order valence-electron chi connectivity index (χ3n) is 3.68. The molecule has 1 heterocycles. The predicted octanol–water partition coefficient (Wildman–Crippen LogP) is 3.26. The molecule has 0 radical (unpaired) electrons. The van der Waals surface area contributed by atoms with Crippen LogP contribution in [0.3, 0.4) is 0 Å². The van der Waals surface area contributed by atoms with Gasteiger partial charge in [-0.25, -0.2) is 4.98 Å². The number of methoxy groups -OCH3 is 1. The Bertz CT molecular complexity index is 496. The number of nitrogens with one attached hydrogen (secondary N) is 1. The Morgan fingerprint density at radius 1 is 1.62 bits per heavy atom. The summed E-state index contributed by atoms with van der Waals surface area (Å²) in [6.45, 7) is 2.92. The first-order valence-electron chi connectivity index (χ1n) is 7.20. The lowest BCUT2D eigenvalue weighted by atomic mass is 9.95. The molecular weight excluding hydrogens is 352 g/mol. The number of halogens is 1. The van der Waals surface area contributed by atoms with E-state index in [2.05, 4.69) is 33.2 Å².